The fraction of sp³-hybridized carbons (Fsp3) is 0.154. The lowest BCUT2D eigenvalue weighted by Gasteiger charge is -2.16. The van der Waals surface area contributed by atoms with Gasteiger partial charge >= 0.3 is 0 Å². The predicted octanol–water partition coefficient (Wildman–Crippen LogP) is 4.58. The number of nitrogens with zero attached hydrogens (tertiary/aromatic N) is 1. The average molecular weight is 431 g/mol. The Morgan fingerprint density at radius 3 is 1.94 bits per heavy atom. The third-order valence-electron chi connectivity index (χ3n) is 4.81. The fourth-order valence-corrected chi connectivity index (χ4v) is 3.09. The largest absolute Gasteiger partial charge is 0.497 e. The Bertz CT molecular complexity index is 1100. The van der Waals surface area contributed by atoms with Crippen molar-refractivity contribution in [3.8, 4) is 11.5 Å². The number of amides is 2. The van der Waals surface area contributed by atoms with Gasteiger partial charge in [-0.05, 0) is 53.6 Å². The number of hydrogen-bond donors (Lipinski definition) is 1. The molecule has 0 unspecified atom stereocenters. The molecule has 0 atom stereocenters. The molecule has 3 aromatic rings. The Morgan fingerprint density at radius 1 is 0.812 bits per heavy atom. The maximum Gasteiger partial charge on any atom is 0.255 e. The molecule has 0 bridgehead atoms. The van der Waals surface area contributed by atoms with Crippen molar-refractivity contribution >= 4 is 29.2 Å². The minimum Gasteiger partial charge on any atom is -0.497 e. The lowest BCUT2D eigenvalue weighted by molar-refractivity contribution is -0.122. The van der Waals surface area contributed by atoms with Crippen molar-refractivity contribution in [2.45, 2.75) is 0 Å². The van der Waals surface area contributed by atoms with Gasteiger partial charge in [-0.2, -0.15) is 0 Å². The third-order valence-corrected chi connectivity index (χ3v) is 4.81. The molecule has 2 amide bonds. The number of ether oxygens (including phenoxy) is 2. The molecule has 6 heteroatoms. The van der Waals surface area contributed by atoms with E-state index in [9.17, 15) is 9.59 Å². The summed E-state index contributed by atoms with van der Waals surface area (Å²) in [5, 5.41) is 2.87. The summed E-state index contributed by atoms with van der Waals surface area (Å²) in [5.74, 6) is 0.856. The van der Waals surface area contributed by atoms with Gasteiger partial charge in [0.25, 0.3) is 11.8 Å². The quantitative estimate of drug-likeness (QED) is 0.440. The Morgan fingerprint density at radius 2 is 1.41 bits per heavy atom. The smallest absolute Gasteiger partial charge is 0.255 e. The molecule has 32 heavy (non-hydrogen) atoms. The summed E-state index contributed by atoms with van der Waals surface area (Å²) < 4.78 is 10.7. The third kappa shape index (κ3) is 5.55. The van der Waals surface area contributed by atoms with Gasteiger partial charge < -0.3 is 19.7 Å². The van der Waals surface area contributed by atoms with E-state index in [-0.39, 0.29) is 11.8 Å². The van der Waals surface area contributed by atoms with Gasteiger partial charge in [-0.1, -0.05) is 30.3 Å². The van der Waals surface area contributed by atoms with Gasteiger partial charge in [-0.25, -0.2) is 0 Å². The van der Waals surface area contributed by atoms with E-state index in [0.717, 1.165) is 5.56 Å². The van der Waals surface area contributed by atoms with Crippen LogP contribution in [0.1, 0.15) is 21.5 Å². The molecule has 3 rings (SSSR count). The lowest BCUT2D eigenvalue weighted by Crippen LogP contribution is -2.22. The summed E-state index contributed by atoms with van der Waals surface area (Å²) in [6.07, 6.45) is 1.80. The van der Waals surface area contributed by atoms with Crippen LogP contribution >= 0.6 is 0 Å². The van der Waals surface area contributed by atoms with Crippen LogP contribution in [0.2, 0.25) is 0 Å². The van der Waals surface area contributed by atoms with Gasteiger partial charge in [0.15, 0.2) is 0 Å². The average Bonchev–Trinajstić information content (AvgIpc) is 2.83. The van der Waals surface area contributed by atoms with Crippen LogP contribution in [0, 0.1) is 0 Å². The monoisotopic (exact) mass is 430 g/mol. The highest BCUT2D eigenvalue weighted by molar-refractivity contribution is 6.24. The molecule has 0 aromatic heterocycles. The Labute approximate surface area is 188 Å². The van der Waals surface area contributed by atoms with Crippen molar-refractivity contribution in [1.82, 2.24) is 4.90 Å². The van der Waals surface area contributed by atoms with E-state index in [1.54, 1.807) is 76.9 Å². The maximum atomic E-state index is 12.9. The van der Waals surface area contributed by atoms with Crippen molar-refractivity contribution in [2.24, 2.45) is 0 Å². The van der Waals surface area contributed by atoms with Crippen LogP contribution in [0.3, 0.4) is 0 Å². The molecular weight excluding hydrogens is 404 g/mol. The molecule has 164 valence electrons. The van der Waals surface area contributed by atoms with Crippen LogP contribution in [0.5, 0.6) is 11.5 Å². The van der Waals surface area contributed by atoms with E-state index in [1.165, 1.54) is 4.90 Å². The molecule has 0 radical (unpaired) electrons. The molecule has 0 fully saturated rings. The molecule has 0 aliphatic heterocycles. The minimum absolute atomic E-state index is 0.151. The summed E-state index contributed by atoms with van der Waals surface area (Å²) in [7, 11) is 6.54. The molecule has 1 N–H and O–H groups in total. The molecule has 0 spiro atoms. The second-order valence-electron chi connectivity index (χ2n) is 7.30. The van der Waals surface area contributed by atoms with Gasteiger partial charge in [0.05, 0.1) is 14.2 Å². The van der Waals surface area contributed by atoms with Gasteiger partial charge in [0.2, 0.25) is 0 Å². The van der Waals surface area contributed by atoms with Crippen molar-refractivity contribution in [2.75, 3.05) is 33.6 Å². The molecule has 3 aromatic carbocycles. The summed E-state index contributed by atoms with van der Waals surface area (Å²) in [4.78, 5) is 26.8. The summed E-state index contributed by atoms with van der Waals surface area (Å²) in [6.45, 7) is 0. The highest BCUT2D eigenvalue weighted by Gasteiger charge is 2.16. The molecule has 0 saturated carbocycles. The Kier molecular flexibility index (Phi) is 7.29. The first-order valence-electron chi connectivity index (χ1n) is 10.0. The Balaban J connectivity index is 1.91. The molecule has 0 aliphatic carbocycles. The topological polar surface area (TPSA) is 67.9 Å². The zero-order valence-electron chi connectivity index (χ0n) is 18.6. The van der Waals surface area contributed by atoms with Crippen molar-refractivity contribution in [3.05, 3.63) is 89.5 Å². The van der Waals surface area contributed by atoms with Crippen molar-refractivity contribution in [3.63, 3.8) is 0 Å². The maximum absolute atomic E-state index is 12.9. The van der Waals surface area contributed by atoms with Crippen LogP contribution in [0.25, 0.3) is 11.6 Å². The second-order valence-corrected chi connectivity index (χ2v) is 7.30. The lowest BCUT2D eigenvalue weighted by atomic mass is 10.0. The van der Waals surface area contributed by atoms with Crippen LogP contribution in [0.15, 0.2) is 72.8 Å². The number of carbonyl (C=O) groups excluding carboxylic acids is 2. The van der Waals surface area contributed by atoms with Crippen LogP contribution in [-0.2, 0) is 4.79 Å². The first-order valence-corrected chi connectivity index (χ1v) is 10.0. The first kappa shape index (κ1) is 22.6. The number of anilines is 1. The number of hydrogen-bond acceptors (Lipinski definition) is 4. The predicted molar refractivity (Wildman–Crippen MR) is 127 cm³/mol. The summed E-state index contributed by atoms with van der Waals surface area (Å²) >= 11 is 0. The molecule has 6 nitrogen and oxygen atoms in total. The zero-order chi connectivity index (χ0) is 23.1. The molecule has 0 heterocycles. The van der Waals surface area contributed by atoms with Crippen LogP contribution < -0.4 is 14.8 Å². The Hall–Kier alpha value is -4.06. The van der Waals surface area contributed by atoms with Crippen molar-refractivity contribution in [1.29, 1.82) is 0 Å². The van der Waals surface area contributed by atoms with Crippen LogP contribution in [-0.4, -0.2) is 45.0 Å². The van der Waals surface area contributed by atoms with E-state index in [1.807, 2.05) is 30.3 Å². The summed E-state index contributed by atoms with van der Waals surface area (Å²) in [6, 6.07) is 21.7. The second kappa shape index (κ2) is 10.3. The molecule has 0 aliphatic rings. The van der Waals surface area contributed by atoms with Crippen molar-refractivity contribution < 1.29 is 19.1 Å². The number of likely N-dealkylation sites (N-methyl/N-ethyl adjacent to an activating group) is 1. The van der Waals surface area contributed by atoms with Gasteiger partial charge in [-0.15, -0.1) is 0 Å². The molecule has 0 saturated heterocycles. The number of carbonyl (C=O) groups is 2. The number of nitrogens with one attached hydrogen (secondary N) is 1. The van der Waals surface area contributed by atoms with Crippen LogP contribution in [0.4, 0.5) is 5.69 Å². The minimum atomic E-state index is -0.180. The van der Waals surface area contributed by atoms with E-state index in [0.29, 0.717) is 33.9 Å². The number of methoxy groups -OCH3 is 2. The first-order chi connectivity index (χ1) is 15.4. The normalized spacial score (nSPS) is 10.9. The SMILES string of the molecule is COc1cc(OC)cc(C(=Cc2ccc(NC(=O)c3ccccc3)cc2)C(=O)N(C)C)c1. The van der Waals surface area contributed by atoms with E-state index in [4.69, 9.17) is 9.47 Å². The molecular formula is C26H26N2O4. The summed E-state index contributed by atoms with van der Waals surface area (Å²) in [5.41, 5.74) is 3.24. The van der Waals surface area contributed by atoms with Gasteiger partial charge in [0.1, 0.15) is 11.5 Å². The van der Waals surface area contributed by atoms with E-state index >= 15 is 0 Å². The van der Waals surface area contributed by atoms with E-state index in [2.05, 4.69) is 5.32 Å². The van der Waals surface area contributed by atoms with E-state index < -0.39 is 0 Å². The van der Waals surface area contributed by atoms with Gasteiger partial charge in [0, 0.05) is 37.0 Å². The highest BCUT2D eigenvalue weighted by atomic mass is 16.5. The number of benzene rings is 3. The highest BCUT2D eigenvalue weighted by Crippen LogP contribution is 2.29. The number of rotatable bonds is 7. The zero-order valence-corrected chi connectivity index (χ0v) is 18.6. The fourth-order valence-electron chi connectivity index (χ4n) is 3.09. The standard InChI is InChI=1S/C26H26N2O4/c1-28(2)26(30)24(20-15-22(31-3)17-23(16-20)32-4)14-18-10-12-21(13-11-18)27-25(29)19-8-6-5-7-9-19/h5-17H,1-4H3,(H,27,29). The van der Waals surface area contributed by atoms with Gasteiger partial charge in [-0.3, -0.25) is 9.59 Å².